The summed E-state index contributed by atoms with van der Waals surface area (Å²) in [5.41, 5.74) is 1.65. The Hall–Kier alpha value is -4.18. The number of hydrogen-bond acceptors (Lipinski definition) is 6. The van der Waals surface area contributed by atoms with Gasteiger partial charge in [0.1, 0.15) is 0 Å². The van der Waals surface area contributed by atoms with Gasteiger partial charge in [0.2, 0.25) is 0 Å². The Balaban J connectivity index is 0.000000518. The first-order valence-corrected chi connectivity index (χ1v) is 10.9. The van der Waals surface area contributed by atoms with E-state index in [0.29, 0.717) is 16.7 Å². The Morgan fingerprint density at radius 1 is 0.459 bits per heavy atom. The molecule has 0 aliphatic carbocycles. The summed E-state index contributed by atoms with van der Waals surface area (Å²) >= 11 is 0. The summed E-state index contributed by atoms with van der Waals surface area (Å²) in [4.78, 5) is 31.7. The van der Waals surface area contributed by atoms with E-state index in [0.717, 1.165) is 18.2 Å². The molecule has 37 heavy (non-hydrogen) atoms. The number of benzene rings is 3. The van der Waals surface area contributed by atoms with Gasteiger partial charge in [-0.15, -0.1) is 0 Å². The normalized spacial score (nSPS) is 10.9. The summed E-state index contributed by atoms with van der Waals surface area (Å²) in [7, 11) is 0. The SMILES string of the molecule is CC(=O)/C=C(\[O-])c1ccccc1.CC(=O)/C=C(\[O-])c1ccccc1.CC(=O)/C=C(\[O-])c1ccccc1.[Cr+3]. The first-order valence-electron chi connectivity index (χ1n) is 10.9. The van der Waals surface area contributed by atoms with Crippen LogP contribution >= 0.6 is 0 Å². The van der Waals surface area contributed by atoms with Crippen LogP contribution in [0.3, 0.4) is 0 Å². The van der Waals surface area contributed by atoms with Crippen LogP contribution in [0.4, 0.5) is 0 Å². The second-order valence-electron chi connectivity index (χ2n) is 7.46. The smallest absolute Gasteiger partial charge is 0.872 e. The molecule has 0 spiro atoms. The van der Waals surface area contributed by atoms with Gasteiger partial charge in [-0.3, -0.25) is 14.4 Å². The Bertz CT molecular complexity index is 1060. The fraction of sp³-hybridized carbons (Fsp3) is 0.100. The number of allylic oxidation sites excluding steroid dienone is 3. The molecule has 0 aromatic heterocycles. The molecule has 0 heterocycles. The van der Waals surface area contributed by atoms with Crippen LogP contribution < -0.4 is 15.3 Å². The minimum Gasteiger partial charge on any atom is -0.872 e. The van der Waals surface area contributed by atoms with Gasteiger partial charge >= 0.3 is 17.4 Å². The van der Waals surface area contributed by atoms with E-state index in [1.165, 1.54) is 20.8 Å². The summed E-state index contributed by atoms with van der Waals surface area (Å²) in [6.45, 7) is 4.09. The standard InChI is InChI=1S/3C10H10O2.Cr/c3*1-8(11)7-10(12)9-5-3-2-4-6-9;/h3*2-7,12H,1H3;/q;;;+3/p-3/b3*10-7-;. The molecule has 0 amide bonds. The fourth-order valence-electron chi connectivity index (χ4n) is 2.61. The Labute approximate surface area is 228 Å². The molecule has 0 fully saturated rings. The molecule has 0 bridgehead atoms. The van der Waals surface area contributed by atoms with Crippen molar-refractivity contribution in [3.05, 3.63) is 126 Å². The number of ketones is 3. The molecule has 0 aliphatic heterocycles. The van der Waals surface area contributed by atoms with Crippen molar-refractivity contribution < 1.29 is 47.1 Å². The molecule has 1 radical (unpaired) electrons. The molecular formula is C30H27CrO6. The van der Waals surface area contributed by atoms with Crippen LogP contribution in [0.15, 0.2) is 109 Å². The van der Waals surface area contributed by atoms with E-state index in [2.05, 4.69) is 0 Å². The van der Waals surface area contributed by atoms with Gasteiger partial charge in [0.25, 0.3) is 0 Å². The third kappa shape index (κ3) is 14.7. The summed E-state index contributed by atoms with van der Waals surface area (Å²) in [5, 5.41) is 33.5. The first-order chi connectivity index (χ1) is 17.1. The summed E-state index contributed by atoms with van der Waals surface area (Å²) in [6.07, 6.45) is 3.28. The van der Waals surface area contributed by atoms with Crippen LogP contribution in [0, 0.1) is 0 Å². The fourth-order valence-corrected chi connectivity index (χ4v) is 2.61. The van der Waals surface area contributed by atoms with Gasteiger partial charge in [-0.05, 0) is 55.7 Å². The van der Waals surface area contributed by atoms with Crippen LogP contribution in [-0.4, -0.2) is 17.3 Å². The van der Waals surface area contributed by atoms with Gasteiger partial charge in [-0.25, -0.2) is 0 Å². The minimum atomic E-state index is -0.233. The second kappa shape index (κ2) is 18.1. The first kappa shape index (κ1) is 32.8. The van der Waals surface area contributed by atoms with Gasteiger partial charge in [0.15, 0.2) is 17.3 Å². The van der Waals surface area contributed by atoms with Crippen LogP contribution in [0.25, 0.3) is 17.3 Å². The molecular weight excluding hydrogens is 508 g/mol. The molecule has 0 aliphatic rings. The van der Waals surface area contributed by atoms with Gasteiger partial charge < -0.3 is 15.3 Å². The zero-order valence-corrected chi connectivity index (χ0v) is 22.0. The largest absolute Gasteiger partial charge is 3.00 e. The minimum absolute atomic E-state index is 0. The van der Waals surface area contributed by atoms with Crippen molar-refractivity contribution in [2.75, 3.05) is 0 Å². The van der Waals surface area contributed by atoms with Crippen LogP contribution in [0.5, 0.6) is 0 Å². The maximum absolute atomic E-state index is 11.2. The summed E-state index contributed by atoms with van der Waals surface area (Å²) in [5.74, 6) is -1.36. The van der Waals surface area contributed by atoms with E-state index < -0.39 is 0 Å². The van der Waals surface area contributed by atoms with E-state index in [-0.39, 0.29) is 52.0 Å². The molecule has 3 aromatic rings. The molecule has 3 aromatic carbocycles. The average Bonchev–Trinajstić information content (AvgIpc) is 2.85. The van der Waals surface area contributed by atoms with Crippen molar-refractivity contribution in [3.8, 4) is 0 Å². The van der Waals surface area contributed by atoms with Gasteiger partial charge in [0, 0.05) is 0 Å². The number of hydrogen-bond donors (Lipinski definition) is 0. The van der Waals surface area contributed by atoms with E-state index in [1.807, 2.05) is 18.2 Å². The maximum Gasteiger partial charge on any atom is 3.00 e. The molecule has 7 heteroatoms. The van der Waals surface area contributed by atoms with Crippen molar-refractivity contribution in [2.45, 2.75) is 20.8 Å². The Kier molecular flexibility index (Phi) is 16.1. The van der Waals surface area contributed by atoms with Crippen LogP contribution in [-0.2, 0) is 31.7 Å². The van der Waals surface area contributed by atoms with Crippen molar-refractivity contribution in [1.29, 1.82) is 0 Å². The van der Waals surface area contributed by atoms with E-state index in [9.17, 15) is 29.7 Å². The van der Waals surface area contributed by atoms with Crippen molar-refractivity contribution >= 4 is 34.6 Å². The summed E-state index contributed by atoms with van der Waals surface area (Å²) in [6, 6.07) is 26.2. The zero-order valence-electron chi connectivity index (χ0n) is 20.8. The monoisotopic (exact) mass is 535 g/mol. The topological polar surface area (TPSA) is 120 Å². The third-order valence-corrected chi connectivity index (χ3v) is 4.18. The van der Waals surface area contributed by atoms with Crippen molar-refractivity contribution in [1.82, 2.24) is 0 Å². The predicted octanol–water partition coefficient (Wildman–Crippen LogP) is 2.93. The summed E-state index contributed by atoms with van der Waals surface area (Å²) < 4.78 is 0. The molecule has 0 N–H and O–H groups in total. The van der Waals surface area contributed by atoms with Gasteiger partial charge in [0.05, 0.1) is 0 Å². The van der Waals surface area contributed by atoms with E-state index in [4.69, 9.17) is 0 Å². The quantitative estimate of drug-likeness (QED) is 0.354. The Morgan fingerprint density at radius 2 is 0.649 bits per heavy atom. The van der Waals surface area contributed by atoms with E-state index in [1.54, 1.807) is 72.8 Å². The molecule has 6 nitrogen and oxygen atoms in total. The number of rotatable bonds is 6. The maximum atomic E-state index is 11.2. The molecule has 0 atom stereocenters. The van der Waals surface area contributed by atoms with Crippen molar-refractivity contribution in [2.24, 2.45) is 0 Å². The van der Waals surface area contributed by atoms with Crippen LogP contribution in [0.1, 0.15) is 37.5 Å². The van der Waals surface area contributed by atoms with Crippen LogP contribution in [0.2, 0.25) is 0 Å². The zero-order chi connectivity index (χ0) is 26.9. The number of carbonyl (C=O) groups is 3. The van der Waals surface area contributed by atoms with Gasteiger partial charge in [-0.1, -0.05) is 108 Å². The second-order valence-corrected chi connectivity index (χ2v) is 7.46. The predicted molar refractivity (Wildman–Crippen MR) is 135 cm³/mol. The molecule has 3 rings (SSSR count). The Morgan fingerprint density at radius 3 is 0.811 bits per heavy atom. The molecule has 0 saturated carbocycles. The third-order valence-electron chi connectivity index (χ3n) is 4.18. The molecule has 0 saturated heterocycles. The molecule has 189 valence electrons. The molecule has 0 unspecified atom stereocenters. The van der Waals surface area contributed by atoms with Gasteiger partial charge in [-0.2, -0.15) is 0 Å². The average molecular weight is 536 g/mol. The number of carbonyl (C=O) groups excluding carboxylic acids is 3. The van der Waals surface area contributed by atoms with Crippen molar-refractivity contribution in [3.63, 3.8) is 0 Å². The van der Waals surface area contributed by atoms with E-state index >= 15 is 0 Å².